The van der Waals surface area contributed by atoms with Gasteiger partial charge in [0.05, 0.1) is 16.2 Å². The van der Waals surface area contributed by atoms with Crippen LogP contribution in [0.2, 0.25) is 0 Å². The topological polar surface area (TPSA) is 95.3 Å². The highest BCUT2D eigenvalue weighted by atomic mass is 32.2. The molecule has 0 aliphatic rings. The van der Waals surface area contributed by atoms with Crippen LogP contribution in [-0.2, 0) is 0 Å². The Morgan fingerprint density at radius 1 is 1.45 bits per heavy atom. The van der Waals surface area contributed by atoms with Crippen molar-refractivity contribution in [2.24, 2.45) is 0 Å². The number of hydrogen-bond acceptors (Lipinski definition) is 7. The molecule has 102 valence electrons. The number of pyridine rings is 1. The van der Waals surface area contributed by atoms with Crippen LogP contribution < -0.4 is 11.4 Å². The van der Waals surface area contributed by atoms with Crippen molar-refractivity contribution in [2.45, 2.75) is 4.21 Å². The Morgan fingerprint density at radius 2 is 2.30 bits per heavy atom. The van der Waals surface area contributed by atoms with E-state index < -0.39 is 5.69 Å². The van der Waals surface area contributed by atoms with Gasteiger partial charge in [0, 0.05) is 6.20 Å². The monoisotopic (exact) mass is 307 g/mol. The number of nitrogens with zero attached hydrogens (tertiary/aromatic N) is 4. The van der Waals surface area contributed by atoms with Gasteiger partial charge in [-0.2, -0.15) is 0 Å². The fourth-order valence-corrected chi connectivity index (χ4v) is 3.22. The number of fused-ring (bicyclic) bond motifs is 1. The molecular formula is C11H9N5O2S2. The zero-order valence-electron chi connectivity index (χ0n) is 10.1. The summed E-state index contributed by atoms with van der Waals surface area (Å²) in [7, 11) is 0. The maximum Gasteiger partial charge on any atom is 0.357 e. The molecule has 0 bridgehead atoms. The van der Waals surface area contributed by atoms with E-state index in [1.54, 1.807) is 30.6 Å². The summed E-state index contributed by atoms with van der Waals surface area (Å²) in [6.45, 7) is 0. The molecule has 2 N–H and O–H groups in total. The first-order valence-electron chi connectivity index (χ1n) is 5.59. The van der Waals surface area contributed by atoms with Crippen LogP contribution in [0.4, 0.5) is 5.13 Å². The van der Waals surface area contributed by atoms with Gasteiger partial charge in [-0.15, -0.1) is 21.5 Å². The second-order valence-corrected chi connectivity index (χ2v) is 6.16. The molecule has 0 unspecified atom stereocenters. The summed E-state index contributed by atoms with van der Waals surface area (Å²) < 4.78 is 3.03. The standard InChI is InChI=1S/C11H9N5O2S2/c12-10-13-5-9(20-10)19-6-8(17)16-11(18)15-4-2-1-3-7(15)14-16/h1-5H,6H2,(H2,12,13). The van der Waals surface area contributed by atoms with Crippen molar-refractivity contribution in [3.8, 4) is 0 Å². The van der Waals surface area contributed by atoms with Gasteiger partial charge in [0.1, 0.15) is 0 Å². The molecule has 7 nitrogen and oxygen atoms in total. The zero-order chi connectivity index (χ0) is 14.1. The third-order valence-electron chi connectivity index (χ3n) is 2.50. The minimum absolute atomic E-state index is 0.103. The van der Waals surface area contributed by atoms with Crippen LogP contribution in [0.15, 0.2) is 39.6 Å². The molecule has 3 heterocycles. The molecule has 3 aromatic heterocycles. The summed E-state index contributed by atoms with van der Waals surface area (Å²) in [6, 6.07) is 5.13. The second kappa shape index (κ2) is 5.10. The third kappa shape index (κ3) is 2.32. The lowest BCUT2D eigenvalue weighted by Gasteiger charge is -1.96. The number of nitrogen functional groups attached to an aromatic ring is 1. The fourth-order valence-electron chi connectivity index (χ4n) is 1.62. The van der Waals surface area contributed by atoms with Crippen molar-refractivity contribution in [1.82, 2.24) is 19.2 Å². The summed E-state index contributed by atoms with van der Waals surface area (Å²) in [5.74, 6) is -0.276. The van der Waals surface area contributed by atoms with E-state index in [9.17, 15) is 9.59 Å². The maximum absolute atomic E-state index is 12.0. The molecule has 0 aliphatic heterocycles. The normalized spacial score (nSPS) is 11.0. The summed E-state index contributed by atoms with van der Waals surface area (Å²) >= 11 is 2.58. The van der Waals surface area contributed by atoms with Crippen LogP contribution in [0.1, 0.15) is 4.79 Å². The first-order valence-corrected chi connectivity index (χ1v) is 7.39. The van der Waals surface area contributed by atoms with Crippen molar-refractivity contribution in [3.05, 3.63) is 41.1 Å². The maximum atomic E-state index is 12.0. The van der Waals surface area contributed by atoms with Crippen molar-refractivity contribution in [1.29, 1.82) is 0 Å². The number of thiazole rings is 1. The minimum Gasteiger partial charge on any atom is -0.375 e. The lowest BCUT2D eigenvalue weighted by molar-refractivity contribution is 0.0922. The van der Waals surface area contributed by atoms with E-state index in [1.165, 1.54) is 27.5 Å². The number of carbonyl (C=O) groups excluding carboxylic acids is 1. The SMILES string of the molecule is Nc1ncc(SCC(=O)n2nc3ccccn3c2=O)s1. The first-order chi connectivity index (χ1) is 9.65. The molecular weight excluding hydrogens is 298 g/mol. The Hall–Kier alpha value is -2.13. The minimum atomic E-state index is -0.463. The van der Waals surface area contributed by atoms with Crippen LogP contribution in [0.5, 0.6) is 0 Å². The lowest BCUT2D eigenvalue weighted by atomic mass is 10.5. The van der Waals surface area contributed by atoms with E-state index in [-0.39, 0.29) is 11.7 Å². The average Bonchev–Trinajstić information content (AvgIpc) is 3.01. The van der Waals surface area contributed by atoms with Gasteiger partial charge in [0.25, 0.3) is 5.91 Å². The van der Waals surface area contributed by atoms with E-state index in [2.05, 4.69) is 10.1 Å². The van der Waals surface area contributed by atoms with Gasteiger partial charge < -0.3 is 5.73 Å². The molecule has 3 aromatic rings. The smallest absolute Gasteiger partial charge is 0.357 e. The van der Waals surface area contributed by atoms with Gasteiger partial charge in [-0.1, -0.05) is 17.4 Å². The molecule has 0 spiro atoms. The zero-order valence-corrected chi connectivity index (χ0v) is 11.7. The molecule has 0 aliphatic carbocycles. The number of rotatable bonds is 3. The quantitative estimate of drug-likeness (QED) is 0.724. The number of nitrogens with two attached hydrogens (primary N) is 1. The number of thioether (sulfide) groups is 1. The van der Waals surface area contributed by atoms with Crippen LogP contribution in [0.25, 0.3) is 5.65 Å². The summed E-state index contributed by atoms with van der Waals surface area (Å²) in [6.07, 6.45) is 3.18. The van der Waals surface area contributed by atoms with Crippen molar-refractivity contribution in [2.75, 3.05) is 11.5 Å². The van der Waals surface area contributed by atoms with Crippen LogP contribution in [0, 0.1) is 0 Å². The number of anilines is 1. The highest BCUT2D eigenvalue weighted by Crippen LogP contribution is 2.26. The molecule has 20 heavy (non-hydrogen) atoms. The predicted octanol–water partition coefficient (Wildman–Crippen LogP) is 0.967. The Labute approximate surface area is 121 Å². The Bertz CT molecular complexity index is 835. The summed E-state index contributed by atoms with van der Waals surface area (Å²) in [5, 5.41) is 4.45. The van der Waals surface area contributed by atoms with E-state index in [1.807, 2.05) is 0 Å². The van der Waals surface area contributed by atoms with E-state index in [4.69, 9.17) is 5.73 Å². The van der Waals surface area contributed by atoms with Crippen molar-refractivity contribution >= 4 is 39.8 Å². The molecule has 9 heteroatoms. The Balaban J connectivity index is 1.82. The van der Waals surface area contributed by atoms with E-state index >= 15 is 0 Å². The number of hydrogen-bond donors (Lipinski definition) is 1. The Morgan fingerprint density at radius 3 is 3.00 bits per heavy atom. The Kier molecular flexibility index (Phi) is 3.28. The molecule has 0 saturated heterocycles. The van der Waals surface area contributed by atoms with E-state index in [0.717, 1.165) is 8.89 Å². The van der Waals surface area contributed by atoms with Gasteiger partial charge in [0.2, 0.25) is 0 Å². The van der Waals surface area contributed by atoms with Gasteiger partial charge in [-0.3, -0.25) is 4.79 Å². The second-order valence-electron chi connectivity index (χ2n) is 3.82. The van der Waals surface area contributed by atoms with E-state index in [0.29, 0.717) is 10.8 Å². The number of carbonyl (C=O) groups is 1. The molecule has 0 fully saturated rings. The highest BCUT2D eigenvalue weighted by Gasteiger charge is 2.14. The molecule has 0 radical (unpaired) electrons. The number of aromatic nitrogens is 4. The predicted molar refractivity (Wildman–Crippen MR) is 77.3 cm³/mol. The van der Waals surface area contributed by atoms with Gasteiger partial charge >= 0.3 is 5.69 Å². The van der Waals surface area contributed by atoms with Gasteiger partial charge in [-0.25, -0.2) is 14.2 Å². The highest BCUT2D eigenvalue weighted by molar-refractivity contribution is 8.01. The average molecular weight is 307 g/mol. The largest absolute Gasteiger partial charge is 0.375 e. The van der Waals surface area contributed by atoms with Crippen LogP contribution in [0.3, 0.4) is 0 Å². The molecule has 0 aromatic carbocycles. The molecule has 0 amide bonds. The lowest BCUT2D eigenvalue weighted by Crippen LogP contribution is -2.28. The van der Waals surface area contributed by atoms with Crippen molar-refractivity contribution < 1.29 is 4.79 Å². The fraction of sp³-hybridized carbons (Fsp3) is 0.0909. The molecule has 0 saturated carbocycles. The van der Waals surface area contributed by atoms with Crippen LogP contribution >= 0.6 is 23.1 Å². The first kappa shape index (κ1) is 12.9. The van der Waals surface area contributed by atoms with Gasteiger partial charge in [0.15, 0.2) is 10.8 Å². The van der Waals surface area contributed by atoms with Gasteiger partial charge in [-0.05, 0) is 12.1 Å². The molecule has 3 rings (SSSR count). The third-order valence-corrected chi connectivity index (χ3v) is 4.51. The molecule has 0 atom stereocenters. The van der Waals surface area contributed by atoms with Crippen LogP contribution in [-0.4, -0.2) is 30.8 Å². The van der Waals surface area contributed by atoms with Crippen molar-refractivity contribution in [3.63, 3.8) is 0 Å². The summed E-state index contributed by atoms with van der Waals surface area (Å²) in [4.78, 5) is 27.9. The summed E-state index contributed by atoms with van der Waals surface area (Å²) in [5.41, 5.74) is 5.49.